The van der Waals surface area contributed by atoms with E-state index in [1.807, 2.05) is 12.1 Å². The molecule has 0 aromatic heterocycles. The molecule has 3 aromatic carbocycles. The van der Waals surface area contributed by atoms with Crippen LogP contribution in [0.4, 0.5) is 18.9 Å². The number of hydrogen-bond donors (Lipinski definition) is 0. The van der Waals surface area contributed by atoms with Gasteiger partial charge in [-0.1, -0.05) is 30.0 Å². The van der Waals surface area contributed by atoms with Crippen molar-refractivity contribution in [1.29, 1.82) is 0 Å². The normalized spacial score (nSPS) is 14.5. The Hall–Kier alpha value is -3.11. The highest BCUT2D eigenvalue weighted by Gasteiger charge is 2.33. The number of nitrogens with zero attached hydrogens (tertiary/aromatic N) is 1. The second-order valence-electron chi connectivity index (χ2n) is 6.67. The zero-order valence-electron chi connectivity index (χ0n) is 15.9. The van der Waals surface area contributed by atoms with Crippen LogP contribution in [0.2, 0.25) is 0 Å². The van der Waals surface area contributed by atoms with Gasteiger partial charge in [0.05, 0.1) is 19.9 Å². The van der Waals surface area contributed by atoms with Crippen molar-refractivity contribution in [3.63, 3.8) is 0 Å². The lowest BCUT2D eigenvalue weighted by Crippen LogP contribution is -2.06. The number of carbonyl (C=O) groups excluding carboxylic acids is 1. The Morgan fingerprint density at radius 1 is 1.03 bits per heavy atom. The van der Waals surface area contributed by atoms with E-state index in [0.29, 0.717) is 26.6 Å². The monoisotopic (exact) mass is 521 g/mol. The van der Waals surface area contributed by atoms with Gasteiger partial charge in [0.25, 0.3) is 0 Å². The van der Waals surface area contributed by atoms with Crippen molar-refractivity contribution in [2.75, 3.05) is 0 Å². The van der Waals surface area contributed by atoms with Gasteiger partial charge < -0.3 is 4.74 Å². The Labute approximate surface area is 192 Å². The molecule has 1 heterocycles. The summed E-state index contributed by atoms with van der Waals surface area (Å²) in [5, 5.41) is 11.3. The number of fused-ring (bicyclic) bond motifs is 1. The number of halogens is 4. The van der Waals surface area contributed by atoms with E-state index in [0.717, 1.165) is 17.0 Å². The van der Waals surface area contributed by atoms with Gasteiger partial charge in [0, 0.05) is 16.5 Å². The minimum Gasteiger partial charge on any atom is -0.449 e. The molecule has 0 radical (unpaired) electrons. The fourth-order valence-corrected chi connectivity index (χ4v) is 4.55. The number of rotatable bonds is 4. The van der Waals surface area contributed by atoms with E-state index in [2.05, 4.69) is 15.9 Å². The van der Waals surface area contributed by atoms with Crippen LogP contribution in [0.1, 0.15) is 21.5 Å². The Morgan fingerprint density at radius 3 is 2.41 bits per heavy atom. The molecule has 0 fully saturated rings. The van der Waals surface area contributed by atoms with Crippen LogP contribution in [-0.2, 0) is 6.18 Å². The number of hydrogen-bond acceptors (Lipinski definition) is 5. The second kappa shape index (κ2) is 8.44. The highest BCUT2D eigenvalue weighted by molar-refractivity contribution is 9.10. The molecule has 162 valence electrons. The molecule has 5 nitrogen and oxygen atoms in total. The topological polar surface area (TPSA) is 69.4 Å². The van der Waals surface area contributed by atoms with Gasteiger partial charge in [-0.2, -0.15) is 13.2 Å². The standard InChI is InChI=1S/C22H11BrF3NO4S/c23-15-9-12(10-20-21(28)14-3-1-2-4-19(14)32-20)5-7-17(15)31-18-8-6-13(22(24,25)26)11-16(18)27(29)30/h1-11H/b20-10-. The van der Waals surface area contributed by atoms with E-state index in [4.69, 9.17) is 4.74 Å². The minimum atomic E-state index is -4.71. The SMILES string of the molecule is O=C1/C(=C/c2ccc(Oc3ccc(C(F)(F)F)cc3[N+](=O)[O-])c(Br)c2)Sc2ccccc21. The summed E-state index contributed by atoms with van der Waals surface area (Å²) in [7, 11) is 0. The fraction of sp³-hybridized carbons (Fsp3) is 0.0455. The zero-order chi connectivity index (χ0) is 23.0. The molecule has 0 unspecified atom stereocenters. The van der Waals surface area contributed by atoms with Gasteiger partial charge in [0.1, 0.15) is 5.75 Å². The van der Waals surface area contributed by atoms with Crippen LogP contribution in [0.5, 0.6) is 11.5 Å². The molecule has 0 spiro atoms. The Bertz CT molecular complexity index is 1290. The smallest absolute Gasteiger partial charge is 0.416 e. The Balaban J connectivity index is 1.60. The van der Waals surface area contributed by atoms with E-state index < -0.39 is 22.4 Å². The summed E-state index contributed by atoms with van der Waals surface area (Å²) in [6.45, 7) is 0. The summed E-state index contributed by atoms with van der Waals surface area (Å²) < 4.78 is 44.6. The molecule has 10 heteroatoms. The number of ether oxygens (including phenoxy) is 1. The van der Waals surface area contributed by atoms with Crippen LogP contribution in [0, 0.1) is 10.1 Å². The van der Waals surface area contributed by atoms with Gasteiger partial charge in [0.15, 0.2) is 0 Å². The number of thioether (sulfide) groups is 1. The summed E-state index contributed by atoms with van der Waals surface area (Å²) >= 11 is 4.67. The molecular weight excluding hydrogens is 511 g/mol. The van der Waals surface area contributed by atoms with Crippen molar-refractivity contribution in [3.05, 3.63) is 96.8 Å². The van der Waals surface area contributed by atoms with Crippen molar-refractivity contribution >= 4 is 45.2 Å². The van der Waals surface area contributed by atoms with E-state index in [1.165, 1.54) is 17.8 Å². The van der Waals surface area contributed by atoms with Crippen molar-refractivity contribution < 1.29 is 27.6 Å². The van der Waals surface area contributed by atoms with Crippen molar-refractivity contribution in [2.45, 2.75) is 11.1 Å². The van der Waals surface area contributed by atoms with Gasteiger partial charge in [-0.05, 0) is 64.0 Å². The van der Waals surface area contributed by atoms with Crippen molar-refractivity contribution in [1.82, 2.24) is 0 Å². The zero-order valence-corrected chi connectivity index (χ0v) is 18.3. The maximum Gasteiger partial charge on any atom is 0.416 e. The van der Waals surface area contributed by atoms with Crippen LogP contribution in [-0.4, -0.2) is 10.7 Å². The van der Waals surface area contributed by atoms with E-state index in [9.17, 15) is 28.1 Å². The molecule has 4 rings (SSSR count). The average molecular weight is 522 g/mol. The van der Waals surface area contributed by atoms with E-state index in [-0.39, 0.29) is 17.3 Å². The molecule has 0 N–H and O–H groups in total. The van der Waals surface area contributed by atoms with Gasteiger partial charge in [0.2, 0.25) is 11.5 Å². The lowest BCUT2D eigenvalue weighted by molar-refractivity contribution is -0.385. The molecule has 0 bridgehead atoms. The molecule has 0 amide bonds. The van der Waals surface area contributed by atoms with E-state index >= 15 is 0 Å². The molecule has 3 aromatic rings. The molecule has 0 saturated heterocycles. The first-order valence-electron chi connectivity index (χ1n) is 9.00. The average Bonchev–Trinajstić information content (AvgIpc) is 3.05. The maximum absolute atomic E-state index is 12.9. The minimum absolute atomic E-state index is 0.0811. The number of Topliss-reactive ketones (excluding diaryl/α,β-unsaturated/α-hetero) is 1. The summed E-state index contributed by atoms with van der Waals surface area (Å²) in [4.78, 5) is 24.3. The predicted octanol–water partition coefficient (Wildman–Crippen LogP) is 7.50. The maximum atomic E-state index is 12.9. The molecule has 1 aliphatic rings. The fourth-order valence-electron chi connectivity index (χ4n) is 3.02. The van der Waals surface area contributed by atoms with Crippen molar-refractivity contribution in [3.8, 4) is 11.5 Å². The molecule has 0 atom stereocenters. The van der Waals surface area contributed by atoms with Crippen LogP contribution < -0.4 is 4.74 Å². The summed E-state index contributed by atoms with van der Waals surface area (Å²) in [6, 6.07) is 14.1. The van der Waals surface area contributed by atoms with Gasteiger partial charge >= 0.3 is 11.9 Å². The lowest BCUT2D eigenvalue weighted by Gasteiger charge is -2.11. The molecule has 0 aliphatic carbocycles. The second-order valence-corrected chi connectivity index (χ2v) is 8.60. The van der Waals surface area contributed by atoms with Crippen LogP contribution in [0.25, 0.3) is 6.08 Å². The largest absolute Gasteiger partial charge is 0.449 e. The first-order valence-corrected chi connectivity index (χ1v) is 10.6. The predicted molar refractivity (Wildman–Crippen MR) is 117 cm³/mol. The quantitative estimate of drug-likeness (QED) is 0.202. The summed E-state index contributed by atoms with van der Waals surface area (Å²) in [6.07, 6.45) is -3.00. The third-order valence-electron chi connectivity index (χ3n) is 4.53. The van der Waals surface area contributed by atoms with Gasteiger partial charge in [-0.25, -0.2) is 0 Å². The van der Waals surface area contributed by atoms with Gasteiger partial charge in [-0.15, -0.1) is 0 Å². The summed E-state index contributed by atoms with van der Waals surface area (Å²) in [5.74, 6) is -0.238. The van der Waals surface area contributed by atoms with Crippen LogP contribution >= 0.6 is 27.7 Å². The number of allylic oxidation sites excluding steroid dienone is 1. The highest BCUT2D eigenvalue weighted by Crippen LogP contribution is 2.42. The highest BCUT2D eigenvalue weighted by atomic mass is 79.9. The molecule has 0 saturated carbocycles. The third kappa shape index (κ3) is 4.42. The number of carbonyl (C=O) groups is 1. The molecular formula is C22H11BrF3NO4S. The van der Waals surface area contributed by atoms with E-state index in [1.54, 1.807) is 30.3 Å². The third-order valence-corrected chi connectivity index (χ3v) is 6.25. The van der Waals surface area contributed by atoms with Crippen LogP contribution in [0.3, 0.4) is 0 Å². The Kier molecular flexibility index (Phi) is 5.83. The number of nitro benzene ring substituents is 1. The van der Waals surface area contributed by atoms with Crippen LogP contribution in [0.15, 0.2) is 74.9 Å². The number of alkyl halides is 3. The molecule has 32 heavy (non-hydrogen) atoms. The summed E-state index contributed by atoms with van der Waals surface area (Å²) in [5.41, 5.74) is -0.631. The molecule has 1 aliphatic heterocycles. The lowest BCUT2D eigenvalue weighted by atomic mass is 10.1. The first kappa shape index (κ1) is 22.1. The number of nitro groups is 1. The first-order chi connectivity index (χ1) is 15.1. The number of benzene rings is 3. The Morgan fingerprint density at radius 2 is 1.75 bits per heavy atom. The van der Waals surface area contributed by atoms with Gasteiger partial charge in [-0.3, -0.25) is 14.9 Å². The van der Waals surface area contributed by atoms with Crippen molar-refractivity contribution in [2.24, 2.45) is 0 Å². The number of ketones is 1.